The summed E-state index contributed by atoms with van der Waals surface area (Å²) in [4.78, 5) is 16.0. The molecule has 0 bridgehead atoms. The summed E-state index contributed by atoms with van der Waals surface area (Å²) in [7, 11) is 0. The van der Waals surface area contributed by atoms with Crippen molar-refractivity contribution < 1.29 is 14.3 Å². The summed E-state index contributed by atoms with van der Waals surface area (Å²) < 4.78 is 11.4. The molecule has 0 atom stereocenters. The highest BCUT2D eigenvalue weighted by Gasteiger charge is 2.20. The van der Waals surface area contributed by atoms with Crippen LogP contribution in [0.25, 0.3) is 6.08 Å². The lowest BCUT2D eigenvalue weighted by molar-refractivity contribution is -0.113. The zero-order valence-electron chi connectivity index (χ0n) is 13.3. The van der Waals surface area contributed by atoms with Crippen molar-refractivity contribution in [3.8, 4) is 11.5 Å². The Labute approximate surface area is 140 Å². The highest BCUT2D eigenvalue weighted by molar-refractivity contribution is 8.18. The van der Waals surface area contributed by atoms with Gasteiger partial charge in [-0.2, -0.15) is 4.99 Å². The average Bonchev–Trinajstić information content (AvgIpc) is 2.81. The zero-order valence-corrected chi connectivity index (χ0v) is 14.1. The van der Waals surface area contributed by atoms with Crippen molar-refractivity contribution in [2.45, 2.75) is 20.3 Å². The third-order valence-corrected chi connectivity index (χ3v) is 3.85. The number of amides is 1. The number of nitrogens with zero attached hydrogens (tertiary/aromatic N) is 1. The first-order valence-electron chi connectivity index (χ1n) is 7.40. The van der Waals surface area contributed by atoms with Gasteiger partial charge in [-0.25, -0.2) is 0 Å². The minimum Gasteiger partial charge on any atom is -0.490 e. The summed E-state index contributed by atoms with van der Waals surface area (Å²) in [5, 5.41) is 0.267. The van der Waals surface area contributed by atoms with Gasteiger partial charge < -0.3 is 15.2 Å². The molecule has 5 nitrogen and oxygen atoms in total. The van der Waals surface area contributed by atoms with Gasteiger partial charge in [-0.15, -0.1) is 6.58 Å². The molecule has 0 fully saturated rings. The van der Waals surface area contributed by atoms with Crippen molar-refractivity contribution >= 4 is 28.9 Å². The molecule has 23 heavy (non-hydrogen) atoms. The molecule has 2 N–H and O–H groups in total. The lowest BCUT2D eigenvalue weighted by Crippen LogP contribution is -2.02. The Morgan fingerprint density at radius 3 is 2.61 bits per heavy atom. The summed E-state index contributed by atoms with van der Waals surface area (Å²) in [5.41, 5.74) is 7.39. The van der Waals surface area contributed by atoms with Crippen LogP contribution in [0.2, 0.25) is 0 Å². The molecule has 0 spiro atoms. The highest BCUT2D eigenvalue weighted by atomic mass is 32.2. The lowest BCUT2D eigenvalue weighted by Gasteiger charge is -2.16. The minimum absolute atomic E-state index is 0.267. The Morgan fingerprint density at radius 1 is 1.30 bits per heavy atom. The van der Waals surface area contributed by atoms with Gasteiger partial charge in [0.15, 0.2) is 16.7 Å². The number of hydrogen-bond donors (Lipinski definition) is 1. The van der Waals surface area contributed by atoms with Crippen LogP contribution in [0.1, 0.15) is 25.0 Å². The maximum atomic E-state index is 11.8. The summed E-state index contributed by atoms with van der Waals surface area (Å²) in [6, 6.07) is 3.82. The number of benzene rings is 1. The number of allylic oxidation sites excluding steroid dienone is 1. The van der Waals surface area contributed by atoms with Crippen molar-refractivity contribution in [3.63, 3.8) is 0 Å². The number of ether oxygens (including phenoxy) is 2. The van der Waals surface area contributed by atoms with Crippen molar-refractivity contribution in [2.24, 2.45) is 10.7 Å². The molecule has 0 aliphatic carbocycles. The number of thioether (sulfide) groups is 1. The average molecular weight is 332 g/mol. The van der Waals surface area contributed by atoms with Crippen LogP contribution < -0.4 is 15.2 Å². The van der Waals surface area contributed by atoms with E-state index in [0.29, 0.717) is 30.3 Å². The van der Waals surface area contributed by atoms with Gasteiger partial charge >= 0.3 is 0 Å². The van der Waals surface area contributed by atoms with E-state index in [4.69, 9.17) is 15.2 Å². The molecule has 1 aromatic rings. The molecule has 1 aliphatic rings. The molecule has 6 heteroatoms. The SMILES string of the molecule is C=CCc1cc(C=C2SC(N)=NC2=O)cc(OCC)c1OCC. The van der Waals surface area contributed by atoms with Crippen LogP contribution in [-0.2, 0) is 11.2 Å². The summed E-state index contributed by atoms with van der Waals surface area (Å²) in [5.74, 6) is 1.06. The van der Waals surface area contributed by atoms with Crippen LogP contribution in [0, 0.1) is 0 Å². The number of carbonyl (C=O) groups excluding carboxylic acids is 1. The molecule has 0 unspecified atom stereocenters. The Morgan fingerprint density at radius 2 is 2.04 bits per heavy atom. The van der Waals surface area contributed by atoms with E-state index in [1.54, 1.807) is 12.2 Å². The van der Waals surface area contributed by atoms with E-state index in [-0.39, 0.29) is 11.1 Å². The summed E-state index contributed by atoms with van der Waals surface area (Å²) >= 11 is 1.17. The van der Waals surface area contributed by atoms with E-state index >= 15 is 0 Å². The van der Waals surface area contributed by atoms with E-state index in [0.717, 1.165) is 16.9 Å². The van der Waals surface area contributed by atoms with Crippen LogP contribution in [0.5, 0.6) is 11.5 Å². The molecule has 1 heterocycles. The molecule has 1 aliphatic heterocycles. The predicted molar refractivity (Wildman–Crippen MR) is 94.9 cm³/mol. The lowest BCUT2D eigenvalue weighted by atomic mass is 10.0. The first kappa shape index (κ1) is 17.1. The standard InChI is InChI=1S/C17H20N2O3S/c1-4-7-12-8-11(10-14-16(20)19-17(18)23-14)9-13(21-5-2)15(12)22-6-3/h4,8-10H,1,5-7H2,2-3H3,(H2,18,19,20). The minimum atomic E-state index is -0.315. The zero-order chi connectivity index (χ0) is 16.8. The highest BCUT2D eigenvalue weighted by Crippen LogP contribution is 2.36. The second-order valence-corrected chi connectivity index (χ2v) is 5.79. The summed E-state index contributed by atoms with van der Waals surface area (Å²) in [6.07, 6.45) is 4.22. The number of nitrogens with two attached hydrogens (primary N) is 1. The second-order valence-electron chi connectivity index (χ2n) is 4.73. The van der Waals surface area contributed by atoms with E-state index < -0.39 is 0 Å². The Kier molecular flexibility index (Phi) is 5.87. The van der Waals surface area contributed by atoms with Gasteiger partial charge in [-0.05, 0) is 55.8 Å². The van der Waals surface area contributed by atoms with E-state index in [2.05, 4.69) is 11.6 Å². The van der Waals surface area contributed by atoms with Gasteiger partial charge in [-0.1, -0.05) is 6.08 Å². The van der Waals surface area contributed by atoms with Crippen LogP contribution >= 0.6 is 11.8 Å². The van der Waals surface area contributed by atoms with Gasteiger partial charge in [0, 0.05) is 5.56 Å². The van der Waals surface area contributed by atoms with E-state index in [9.17, 15) is 4.79 Å². The predicted octanol–water partition coefficient (Wildman–Crippen LogP) is 3.14. The molecule has 1 aromatic carbocycles. The fraction of sp³-hybridized carbons (Fsp3) is 0.294. The largest absolute Gasteiger partial charge is 0.490 e. The normalized spacial score (nSPS) is 15.7. The van der Waals surface area contributed by atoms with Gasteiger partial charge in [0.1, 0.15) is 0 Å². The van der Waals surface area contributed by atoms with Crippen molar-refractivity contribution in [3.05, 3.63) is 40.8 Å². The number of aliphatic imine (C=N–C) groups is 1. The van der Waals surface area contributed by atoms with Gasteiger partial charge in [0.25, 0.3) is 5.91 Å². The van der Waals surface area contributed by atoms with Gasteiger partial charge in [0.2, 0.25) is 0 Å². The molecular formula is C17H20N2O3S. The molecule has 2 rings (SSSR count). The van der Waals surface area contributed by atoms with E-state index in [1.807, 2.05) is 26.0 Å². The third kappa shape index (κ3) is 4.16. The maximum Gasteiger partial charge on any atom is 0.286 e. The van der Waals surface area contributed by atoms with Gasteiger partial charge in [-0.3, -0.25) is 4.79 Å². The van der Waals surface area contributed by atoms with Crippen LogP contribution in [-0.4, -0.2) is 24.3 Å². The number of hydrogen-bond acceptors (Lipinski definition) is 5. The van der Waals surface area contributed by atoms with Crippen molar-refractivity contribution in [1.29, 1.82) is 0 Å². The first-order valence-corrected chi connectivity index (χ1v) is 8.22. The smallest absolute Gasteiger partial charge is 0.286 e. The fourth-order valence-electron chi connectivity index (χ4n) is 2.22. The summed E-state index contributed by atoms with van der Waals surface area (Å²) in [6.45, 7) is 8.70. The van der Waals surface area contributed by atoms with Crippen LogP contribution in [0.3, 0.4) is 0 Å². The number of carbonyl (C=O) groups is 1. The van der Waals surface area contributed by atoms with E-state index in [1.165, 1.54) is 11.8 Å². The molecular weight excluding hydrogens is 312 g/mol. The Balaban J connectivity index is 2.46. The Hall–Kier alpha value is -2.21. The first-order chi connectivity index (χ1) is 11.1. The van der Waals surface area contributed by atoms with Crippen LogP contribution in [0.15, 0.2) is 34.7 Å². The monoisotopic (exact) mass is 332 g/mol. The quantitative estimate of drug-likeness (QED) is 0.613. The molecule has 0 aromatic heterocycles. The number of rotatable bonds is 7. The van der Waals surface area contributed by atoms with Crippen molar-refractivity contribution in [2.75, 3.05) is 13.2 Å². The van der Waals surface area contributed by atoms with Crippen molar-refractivity contribution in [1.82, 2.24) is 0 Å². The number of amidine groups is 1. The fourth-order valence-corrected chi connectivity index (χ4v) is 2.90. The molecule has 122 valence electrons. The van der Waals surface area contributed by atoms with Crippen LogP contribution in [0.4, 0.5) is 0 Å². The topological polar surface area (TPSA) is 73.9 Å². The third-order valence-electron chi connectivity index (χ3n) is 3.04. The molecule has 0 saturated heterocycles. The Bertz CT molecular complexity index is 681. The molecule has 0 saturated carbocycles. The van der Waals surface area contributed by atoms with Gasteiger partial charge in [0.05, 0.1) is 18.1 Å². The molecule has 1 amide bonds. The second kappa shape index (κ2) is 7.87. The maximum absolute atomic E-state index is 11.8. The molecule has 0 radical (unpaired) electrons.